The predicted molar refractivity (Wildman–Crippen MR) is 122 cm³/mol. The minimum atomic E-state index is -4.00. The molecule has 10 heteroatoms. The molecule has 1 saturated heterocycles. The molecular formula is C22H24N2O6S2. The average molecular weight is 477 g/mol. The third kappa shape index (κ3) is 4.57. The molecule has 2 aromatic carbocycles. The quantitative estimate of drug-likeness (QED) is 0.564. The van der Waals surface area contributed by atoms with Gasteiger partial charge in [-0.3, -0.25) is 4.72 Å². The van der Waals surface area contributed by atoms with Gasteiger partial charge in [0, 0.05) is 24.5 Å². The molecule has 0 atom stereocenters. The first-order valence-electron chi connectivity index (χ1n) is 10.3. The highest BCUT2D eigenvalue weighted by Gasteiger charge is 2.27. The molecule has 1 aliphatic heterocycles. The fourth-order valence-electron chi connectivity index (χ4n) is 3.79. The molecule has 3 aromatic rings. The van der Waals surface area contributed by atoms with Crippen LogP contribution in [0, 0.1) is 6.92 Å². The van der Waals surface area contributed by atoms with Crippen molar-refractivity contribution >= 4 is 36.7 Å². The largest absolute Gasteiger partial charge is 0.423 e. The minimum Gasteiger partial charge on any atom is -0.423 e. The number of anilines is 1. The standard InChI is InChI=1S/C22H24N2O6S2/c1-16-6-8-18(15-21(16)32(28,29)24-12-4-2-3-5-13-24)23-31(26,27)19-9-10-20-17(14-19)7-11-22(25)30-20/h6-11,14-15,23H,2-5,12-13H2,1H3. The van der Waals surface area contributed by atoms with Crippen LogP contribution < -0.4 is 10.3 Å². The Bertz CT molecular complexity index is 1420. The molecule has 1 aromatic heterocycles. The lowest BCUT2D eigenvalue weighted by molar-refractivity contribution is 0.423. The molecule has 1 aliphatic rings. The lowest BCUT2D eigenvalue weighted by Crippen LogP contribution is -2.32. The third-order valence-corrected chi connectivity index (χ3v) is 8.94. The van der Waals surface area contributed by atoms with Gasteiger partial charge in [0.1, 0.15) is 5.58 Å². The van der Waals surface area contributed by atoms with Crippen molar-refractivity contribution in [2.45, 2.75) is 42.4 Å². The fourth-order valence-corrected chi connectivity index (χ4v) is 6.65. The van der Waals surface area contributed by atoms with Gasteiger partial charge in [0.15, 0.2) is 0 Å². The number of nitrogens with one attached hydrogen (secondary N) is 1. The van der Waals surface area contributed by atoms with Crippen molar-refractivity contribution in [3.63, 3.8) is 0 Å². The van der Waals surface area contributed by atoms with Crippen LogP contribution in [0.3, 0.4) is 0 Å². The maximum Gasteiger partial charge on any atom is 0.336 e. The van der Waals surface area contributed by atoms with E-state index in [4.69, 9.17) is 4.42 Å². The second-order valence-electron chi connectivity index (χ2n) is 7.86. The molecule has 170 valence electrons. The second-order valence-corrected chi connectivity index (χ2v) is 11.4. The van der Waals surface area contributed by atoms with Crippen LogP contribution in [0.4, 0.5) is 5.69 Å². The van der Waals surface area contributed by atoms with Crippen molar-refractivity contribution in [1.29, 1.82) is 0 Å². The van der Waals surface area contributed by atoms with E-state index in [0.29, 0.717) is 24.0 Å². The summed E-state index contributed by atoms with van der Waals surface area (Å²) in [5.41, 5.74) is 0.461. The van der Waals surface area contributed by atoms with Gasteiger partial charge >= 0.3 is 5.63 Å². The summed E-state index contributed by atoms with van der Waals surface area (Å²) in [5.74, 6) is 0. The van der Waals surface area contributed by atoms with Gasteiger partial charge in [0.05, 0.1) is 15.5 Å². The Kier molecular flexibility index (Phi) is 6.11. The molecule has 0 unspecified atom stereocenters. The topological polar surface area (TPSA) is 114 Å². The fraction of sp³-hybridized carbons (Fsp3) is 0.318. The highest BCUT2D eigenvalue weighted by atomic mass is 32.2. The normalized spacial score (nSPS) is 16.0. The molecule has 0 bridgehead atoms. The summed E-state index contributed by atoms with van der Waals surface area (Å²) < 4.78 is 61.3. The van der Waals surface area contributed by atoms with Crippen molar-refractivity contribution in [3.05, 3.63) is 64.5 Å². The molecule has 1 N–H and O–H groups in total. The van der Waals surface area contributed by atoms with E-state index in [1.807, 2.05) is 0 Å². The summed E-state index contributed by atoms with van der Waals surface area (Å²) in [6, 6.07) is 11.3. The van der Waals surface area contributed by atoms with Gasteiger partial charge in [-0.15, -0.1) is 0 Å². The van der Waals surface area contributed by atoms with Crippen LogP contribution >= 0.6 is 0 Å². The molecule has 0 amide bonds. The SMILES string of the molecule is Cc1ccc(NS(=O)(=O)c2ccc3oc(=O)ccc3c2)cc1S(=O)(=O)N1CCCCCC1. The molecule has 2 heterocycles. The van der Waals surface area contributed by atoms with E-state index in [2.05, 4.69) is 4.72 Å². The van der Waals surface area contributed by atoms with Crippen molar-refractivity contribution in [3.8, 4) is 0 Å². The van der Waals surface area contributed by atoms with E-state index in [0.717, 1.165) is 25.7 Å². The van der Waals surface area contributed by atoms with Crippen LogP contribution in [-0.2, 0) is 20.0 Å². The van der Waals surface area contributed by atoms with Crippen molar-refractivity contribution < 1.29 is 21.3 Å². The lowest BCUT2D eigenvalue weighted by Gasteiger charge is -2.21. The monoisotopic (exact) mass is 476 g/mol. The highest BCUT2D eigenvalue weighted by molar-refractivity contribution is 7.92. The summed E-state index contributed by atoms with van der Waals surface area (Å²) in [6.45, 7) is 2.62. The maximum absolute atomic E-state index is 13.2. The van der Waals surface area contributed by atoms with Gasteiger partial charge < -0.3 is 4.42 Å². The van der Waals surface area contributed by atoms with Gasteiger partial charge in [-0.2, -0.15) is 4.31 Å². The van der Waals surface area contributed by atoms with E-state index in [-0.39, 0.29) is 21.1 Å². The molecule has 1 fully saturated rings. The van der Waals surface area contributed by atoms with E-state index in [1.54, 1.807) is 13.0 Å². The van der Waals surface area contributed by atoms with Crippen LogP contribution in [0.1, 0.15) is 31.2 Å². The smallest absolute Gasteiger partial charge is 0.336 e. The Balaban J connectivity index is 1.66. The molecule has 0 radical (unpaired) electrons. The van der Waals surface area contributed by atoms with Gasteiger partial charge in [-0.25, -0.2) is 21.6 Å². The molecule has 4 rings (SSSR count). The van der Waals surface area contributed by atoms with Crippen LogP contribution in [0.15, 0.2) is 67.5 Å². The van der Waals surface area contributed by atoms with Crippen molar-refractivity contribution in [2.24, 2.45) is 0 Å². The van der Waals surface area contributed by atoms with Crippen molar-refractivity contribution in [1.82, 2.24) is 4.31 Å². The summed E-state index contributed by atoms with van der Waals surface area (Å²) in [6.07, 6.45) is 3.62. The van der Waals surface area contributed by atoms with Crippen LogP contribution in [0.25, 0.3) is 11.0 Å². The number of nitrogens with zero attached hydrogens (tertiary/aromatic N) is 1. The molecule has 0 saturated carbocycles. The van der Waals surface area contributed by atoms with Gasteiger partial charge in [-0.1, -0.05) is 18.9 Å². The second kappa shape index (κ2) is 8.68. The zero-order valence-electron chi connectivity index (χ0n) is 17.6. The Morgan fingerprint density at radius 1 is 0.875 bits per heavy atom. The zero-order chi connectivity index (χ0) is 22.9. The number of sulfonamides is 2. The van der Waals surface area contributed by atoms with Crippen LogP contribution in [0.5, 0.6) is 0 Å². The van der Waals surface area contributed by atoms with E-state index in [9.17, 15) is 21.6 Å². The van der Waals surface area contributed by atoms with Gasteiger partial charge in [-0.05, 0) is 61.7 Å². The summed E-state index contributed by atoms with van der Waals surface area (Å²) >= 11 is 0. The summed E-state index contributed by atoms with van der Waals surface area (Å²) in [4.78, 5) is 11.4. The third-order valence-electron chi connectivity index (χ3n) is 5.52. The number of hydrogen-bond donors (Lipinski definition) is 1. The lowest BCUT2D eigenvalue weighted by atomic mass is 10.2. The Hall–Kier alpha value is -2.69. The molecular weight excluding hydrogens is 452 g/mol. The zero-order valence-corrected chi connectivity index (χ0v) is 19.2. The van der Waals surface area contributed by atoms with Gasteiger partial charge in [0.25, 0.3) is 10.0 Å². The first-order valence-corrected chi connectivity index (χ1v) is 13.3. The first kappa shape index (κ1) is 22.5. The molecule has 0 spiro atoms. The Morgan fingerprint density at radius 2 is 1.59 bits per heavy atom. The number of aryl methyl sites for hydroxylation is 1. The van der Waals surface area contributed by atoms with Gasteiger partial charge in [0.2, 0.25) is 10.0 Å². The van der Waals surface area contributed by atoms with E-state index < -0.39 is 25.7 Å². The maximum atomic E-state index is 13.2. The Morgan fingerprint density at radius 3 is 2.31 bits per heavy atom. The number of fused-ring (bicyclic) bond motifs is 1. The number of benzene rings is 2. The molecule has 8 nitrogen and oxygen atoms in total. The molecule has 0 aliphatic carbocycles. The highest BCUT2D eigenvalue weighted by Crippen LogP contribution is 2.27. The summed E-state index contributed by atoms with van der Waals surface area (Å²) in [5, 5.41) is 0.459. The van der Waals surface area contributed by atoms with E-state index >= 15 is 0 Å². The predicted octanol–water partition coefficient (Wildman–Crippen LogP) is 3.47. The molecule has 32 heavy (non-hydrogen) atoms. The summed E-state index contributed by atoms with van der Waals surface area (Å²) in [7, 11) is -7.73. The first-order chi connectivity index (χ1) is 15.2. The van der Waals surface area contributed by atoms with Crippen LogP contribution in [0.2, 0.25) is 0 Å². The number of hydrogen-bond acceptors (Lipinski definition) is 6. The number of rotatable bonds is 5. The van der Waals surface area contributed by atoms with E-state index in [1.165, 1.54) is 46.8 Å². The minimum absolute atomic E-state index is 0.0312. The van der Waals surface area contributed by atoms with Crippen LogP contribution in [-0.4, -0.2) is 34.2 Å². The van der Waals surface area contributed by atoms with Crippen molar-refractivity contribution in [2.75, 3.05) is 17.8 Å². The average Bonchev–Trinajstić information content (AvgIpc) is 3.04. The Labute approximate surface area is 187 Å².